The van der Waals surface area contributed by atoms with Crippen LogP contribution in [-0.4, -0.2) is 35.6 Å². The summed E-state index contributed by atoms with van der Waals surface area (Å²) >= 11 is 3.49. The molecule has 0 radical (unpaired) electrons. The van der Waals surface area contributed by atoms with Crippen LogP contribution in [0.1, 0.15) is 39.4 Å². The van der Waals surface area contributed by atoms with Crippen molar-refractivity contribution in [3.63, 3.8) is 0 Å². The zero-order valence-electron chi connectivity index (χ0n) is 17.6. The Kier molecular flexibility index (Phi) is 7.04. The molecule has 2 aromatic carbocycles. The summed E-state index contributed by atoms with van der Waals surface area (Å²) in [7, 11) is 0. The van der Waals surface area contributed by atoms with Crippen LogP contribution in [0.15, 0.2) is 57.5 Å². The Balaban J connectivity index is 1.21. The summed E-state index contributed by atoms with van der Waals surface area (Å²) in [5, 5.41) is 6.93. The van der Waals surface area contributed by atoms with Gasteiger partial charge in [0.05, 0.1) is 4.47 Å². The highest BCUT2D eigenvalue weighted by Crippen LogP contribution is 2.27. The number of hydrogen-bond acceptors (Lipinski definition) is 5. The van der Waals surface area contributed by atoms with Gasteiger partial charge in [0.2, 0.25) is 0 Å². The molecule has 7 heteroatoms. The van der Waals surface area contributed by atoms with E-state index in [1.54, 1.807) is 18.2 Å². The second-order valence-corrected chi connectivity index (χ2v) is 8.62. The van der Waals surface area contributed by atoms with E-state index in [1.165, 1.54) is 11.1 Å². The molecule has 31 heavy (non-hydrogen) atoms. The maximum Gasteiger partial charge on any atom is 0.251 e. The molecule has 0 saturated carbocycles. The minimum atomic E-state index is -0.0802. The van der Waals surface area contributed by atoms with Crippen LogP contribution in [0, 0.1) is 6.92 Å². The smallest absolute Gasteiger partial charge is 0.251 e. The Labute approximate surface area is 190 Å². The summed E-state index contributed by atoms with van der Waals surface area (Å²) in [6, 6.07) is 15.8. The first-order chi connectivity index (χ1) is 15.1. The highest BCUT2D eigenvalue weighted by atomic mass is 79.9. The lowest BCUT2D eigenvalue weighted by Crippen LogP contribution is -2.33. The maximum absolute atomic E-state index is 12.5. The number of aryl methyl sites for hydroxylation is 1. The number of amides is 1. The average Bonchev–Trinajstić information content (AvgIpc) is 3.20. The molecule has 4 rings (SSSR count). The monoisotopic (exact) mass is 483 g/mol. The Hall–Kier alpha value is -2.64. The second kappa shape index (κ2) is 10.1. The van der Waals surface area contributed by atoms with Crippen molar-refractivity contribution in [1.82, 2.24) is 15.4 Å². The van der Waals surface area contributed by atoms with Gasteiger partial charge in [-0.25, -0.2) is 0 Å². The molecule has 0 saturated heterocycles. The standard InChI is InChI=1S/C24H26BrN3O3/c1-17-13-21(27-31-17)16-30-23-8-7-19(14-22(23)25)24(29)26-10-4-11-28-12-9-18-5-2-3-6-20(18)15-28/h2-3,5-8,13-14H,4,9-12,15-16H2,1H3,(H,26,29). The number of carbonyl (C=O) groups is 1. The molecule has 1 aliphatic heterocycles. The van der Waals surface area contributed by atoms with E-state index in [0.717, 1.165) is 48.4 Å². The third kappa shape index (κ3) is 5.74. The van der Waals surface area contributed by atoms with Crippen molar-refractivity contribution in [2.24, 2.45) is 0 Å². The van der Waals surface area contributed by atoms with E-state index in [1.807, 2.05) is 13.0 Å². The SMILES string of the molecule is Cc1cc(COc2ccc(C(=O)NCCCN3CCc4ccccc4C3)cc2Br)no1. The molecule has 1 aromatic heterocycles. The molecular weight excluding hydrogens is 458 g/mol. The number of rotatable bonds is 8. The van der Waals surface area contributed by atoms with Crippen LogP contribution in [0.4, 0.5) is 0 Å². The van der Waals surface area contributed by atoms with E-state index >= 15 is 0 Å². The van der Waals surface area contributed by atoms with Gasteiger partial charge in [0.15, 0.2) is 0 Å². The molecule has 0 unspecified atom stereocenters. The highest BCUT2D eigenvalue weighted by Gasteiger charge is 2.15. The molecule has 1 aliphatic rings. The fourth-order valence-electron chi connectivity index (χ4n) is 3.75. The minimum absolute atomic E-state index is 0.0802. The van der Waals surface area contributed by atoms with E-state index in [0.29, 0.717) is 24.5 Å². The van der Waals surface area contributed by atoms with E-state index in [2.05, 4.69) is 55.6 Å². The van der Waals surface area contributed by atoms with E-state index in [-0.39, 0.29) is 5.91 Å². The third-order valence-electron chi connectivity index (χ3n) is 5.39. The van der Waals surface area contributed by atoms with Crippen LogP contribution in [0.5, 0.6) is 5.75 Å². The van der Waals surface area contributed by atoms with Crippen molar-refractivity contribution in [2.45, 2.75) is 32.9 Å². The summed E-state index contributed by atoms with van der Waals surface area (Å²) in [4.78, 5) is 14.9. The number of fused-ring (bicyclic) bond motifs is 1. The lowest BCUT2D eigenvalue weighted by molar-refractivity contribution is 0.0951. The molecule has 6 nitrogen and oxygen atoms in total. The first kappa shape index (κ1) is 21.6. The van der Waals surface area contributed by atoms with Crippen molar-refractivity contribution < 1.29 is 14.1 Å². The molecule has 0 atom stereocenters. The Morgan fingerprint density at radius 2 is 2.06 bits per heavy atom. The first-order valence-corrected chi connectivity index (χ1v) is 11.3. The Bertz CT molecular complexity index is 1050. The molecule has 2 heterocycles. The summed E-state index contributed by atoms with van der Waals surface area (Å²) in [5.74, 6) is 1.32. The number of ether oxygens (including phenoxy) is 1. The number of benzene rings is 2. The molecule has 0 bridgehead atoms. The van der Waals surface area contributed by atoms with Crippen molar-refractivity contribution in [1.29, 1.82) is 0 Å². The number of nitrogens with one attached hydrogen (secondary N) is 1. The highest BCUT2D eigenvalue weighted by molar-refractivity contribution is 9.10. The number of hydrogen-bond donors (Lipinski definition) is 1. The van der Waals surface area contributed by atoms with Crippen molar-refractivity contribution in [3.8, 4) is 5.75 Å². The summed E-state index contributed by atoms with van der Waals surface area (Å²) in [6.07, 6.45) is 2.02. The topological polar surface area (TPSA) is 67.6 Å². The van der Waals surface area contributed by atoms with Crippen LogP contribution in [-0.2, 0) is 19.6 Å². The van der Waals surface area contributed by atoms with Gasteiger partial charge < -0.3 is 14.6 Å². The fraction of sp³-hybridized carbons (Fsp3) is 0.333. The van der Waals surface area contributed by atoms with E-state index < -0.39 is 0 Å². The third-order valence-corrected chi connectivity index (χ3v) is 6.01. The van der Waals surface area contributed by atoms with Crippen LogP contribution in [0.25, 0.3) is 0 Å². The van der Waals surface area contributed by atoms with Crippen LogP contribution >= 0.6 is 15.9 Å². The fourth-order valence-corrected chi connectivity index (χ4v) is 4.24. The van der Waals surface area contributed by atoms with Gasteiger partial charge in [0.25, 0.3) is 5.91 Å². The normalized spacial score (nSPS) is 13.6. The average molecular weight is 484 g/mol. The summed E-state index contributed by atoms with van der Waals surface area (Å²) in [5.41, 5.74) is 4.21. The van der Waals surface area contributed by atoms with Gasteiger partial charge in [0, 0.05) is 37.8 Å². The van der Waals surface area contributed by atoms with Gasteiger partial charge in [0.1, 0.15) is 23.8 Å². The predicted molar refractivity (Wildman–Crippen MR) is 122 cm³/mol. The maximum atomic E-state index is 12.5. The zero-order chi connectivity index (χ0) is 21.6. The van der Waals surface area contributed by atoms with Gasteiger partial charge in [-0.3, -0.25) is 9.69 Å². The predicted octanol–water partition coefficient (Wildman–Crippen LogP) is 4.50. The van der Waals surface area contributed by atoms with Crippen molar-refractivity contribution in [2.75, 3.05) is 19.6 Å². The van der Waals surface area contributed by atoms with Gasteiger partial charge in [-0.05, 0) is 65.0 Å². The molecule has 3 aromatic rings. The Morgan fingerprint density at radius 3 is 2.84 bits per heavy atom. The van der Waals surface area contributed by atoms with Crippen LogP contribution in [0.2, 0.25) is 0 Å². The van der Waals surface area contributed by atoms with E-state index in [4.69, 9.17) is 9.26 Å². The molecule has 0 spiro atoms. The lowest BCUT2D eigenvalue weighted by Gasteiger charge is -2.28. The number of halogens is 1. The second-order valence-electron chi connectivity index (χ2n) is 7.77. The van der Waals surface area contributed by atoms with Gasteiger partial charge in [-0.1, -0.05) is 29.4 Å². The number of carbonyl (C=O) groups excluding carboxylic acids is 1. The van der Waals surface area contributed by atoms with Gasteiger partial charge in [-0.15, -0.1) is 0 Å². The number of nitrogens with zero attached hydrogens (tertiary/aromatic N) is 2. The van der Waals surface area contributed by atoms with Gasteiger partial charge in [-0.2, -0.15) is 0 Å². The molecular formula is C24H26BrN3O3. The molecule has 1 N–H and O–H groups in total. The minimum Gasteiger partial charge on any atom is -0.486 e. The van der Waals surface area contributed by atoms with Gasteiger partial charge >= 0.3 is 0 Å². The molecule has 0 aliphatic carbocycles. The zero-order valence-corrected chi connectivity index (χ0v) is 19.2. The van der Waals surface area contributed by atoms with E-state index in [9.17, 15) is 4.79 Å². The summed E-state index contributed by atoms with van der Waals surface area (Å²) in [6.45, 7) is 5.85. The molecule has 162 valence electrons. The summed E-state index contributed by atoms with van der Waals surface area (Å²) < 4.78 is 11.5. The first-order valence-electron chi connectivity index (χ1n) is 10.5. The van der Waals surface area contributed by atoms with Crippen LogP contribution in [0.3, 0.4) is 0 Å². The molecule has 0 fully saturated rings. The molecule has 1 amide bonds. The Morgan fingerprint density at radius 1 is 1.23 bits per heavy atom. The van der Waals surface area contributed by atoms with Crippen molar-refractivity contribution in [3.05, 3.63) is 81.1 Å². The number of aromatic nitrogens is 1. The quantitative estimate of drug-likeness (QED) is 0.477. The largest absolute Gasteiger partial charge is 0.486 e. The van der Waals surface area contributed by atoms with Crippen LogP contribution < -0.4 is 10.1 Å². The van der Waals surface area contributed by atoms with Crippen molar-refractivity contribution >= 4 is 21.8 Å². The lowest BCUT2D eigenvalue weighted by atomic mass is 10.00.